The molecule has 0 saturated carbocycles. The highest BCUT2D eigenvalue weighted by Crippen LogP contribution is 2.19. The van der Waals surface area contributed by atoms with Gasteiger partial charge < -0.3 is 15.7 Å². The van der Waals surface area contributed by atoms with Crippen molar-refractivity contribution in [2.75, 3.05) is 6.54 Å². The first-order valence-corrected chi connectivity index (χ1v) is 8.82. The number of carbonyl (C=O) groups excluding carboxylic acids is 2. The van der Waals surface area contributed by atoms with E-state index >= 15 is 0 Å². The second-order valence-electron chi connectivity index (χ2n) is 6.71. The van der Waals surface area contributed by atoms with E-state index in [0.29, 0.717) is 12.0 Å². The molecule has 0 aliphatic rings. The predicted octanol–water partition coefficient (Wildman–Crippen LogP) is 2.70. The number of benzene rings is 2. The Morgan fingerprint density at radius 3 is 2.07 bits per heavy atom. The Labute approximate surface area is 158 Å². The van der Waals surface area contributed by atoms with E-state index in [0.717, 1.165) is 11.1 Å². The van der Waals surface area contributed by atoms with Gasteiger partial charge in [0.15, 0.2) is 0 Å². The number of hydrogen-bond donors (Lipinski definition) is 3. The maximum Gasteiger partial charge on any atom is 0.326 e. The maximum atomic E-state index is 12.2. The van der Waals surface area contributed by atoms with Gasteiger partial charge in [-0.15, -0.1) is 0 Å². The molecule has 6 heteroatoms. The lowest BCUT2D eigenvalue weighted by Gasteiger charge is -2.16. The van der Waals surface area contributed by atoms with E-state index in [4.69, 9.17) is 5.11 Å². The van der Waals surface area contributed by atoms with Crippen molar-refractivity contribution in [2.24, 2.45) is 5.92 Å². The van der Waals surface area contributed by atoms with Crippen molar-refractivity contribution in [2.45, 2.75) is 26.3 Å². The van der Waals surface area contributed by atoms with Crippen LogP contribution in [0.25, 0.3) is 11.1 Å². The van der Waals surface area contributed by atoms with Crippen LogP contribution in [0.3, 0.4) is 0 Å². The number of carbonyl (C=O) groups is 3. The van der Waals surface area contributed by atoms with Gasteiger partial charge in [-0.2, -0.15) is 0 Å². The van der Waals surface area contributed by atoms with Crippen molar-refractivity contribution in [3.63, 3.8) is 0 Å². The third-order valence-corrected chi connectivity index (χ3v) is 4.00. The molecule has 2 amide bonds. The summed E-state index contributed by atoms with van der Waals surface area (Å²) in [4.78, 5) is 35.3. The first kappa shape index (κ1) is 20.2. The van der Waals surface area contributed by atoms with E-state index in [1.807, 2.05) is 56.3 Å². The molecule has 0 saturated heterocycles. The summed E-state index contributed by atoms with van der Waals surface area (Å²) in [5.41, 5.74) is 2.47. The molecule has 2 aromatic carbocycles. The highest BCUT2D eigenvalue weighted by atomic mass is 16.4. The molecule has 0 aliphatic carbocycles. The molecule has 142 valence electrons. The van der Waals surface area contributed by atoms with Gasteiger partial charge in [-0.05, 0) is 35.6 Å². The predicted molar refractivity (Wildman–Crippen MR) is 103 cm³/mol. The Morgan fingerprint density at radius 1 is 0.926 bits per heavy atom. The van der Waals surface area contributed by atoms with Crippen molar-refractivity contribution in [1.29, 1.82) is 0 Å². The smallest absolute Gasteiger partial charge is 0.326 e. The van der Waals surface area contributed by atoms with Crippen LogP contribution in [0.4, 0.5) is 0 Å². The van der Waals surface area contributed by atoms with E-state index < -0.39 is 17.9 Å². The molecule has 1 atom stereocenters. The zero-order valence-electron chi connectivity index (χ0n) is 15.4. The lowest BCUT2D eigenvalue weighted by atomic mass is 10.0. The third kappa shape index (κ3) is 6.26. The molecular formula is C21H24N2O4. The average Bonchev–Trinajstić information content (AvgIpc) is 2.66. The molecule has 0 unspecified atom stereocenters. The van der Waals surface area contributed by atoms with Gasteiger partial charge in [-0.1, -0.05) is 56.3 Å². The number of nitrogens with one attached hydrogen (secondary N) is 2. The van der Waals surface area contributed by atoms with Gasteiger partial charge in [0.25, 0.3) is 5.91 Å². The van der Waals surface area contributed by atoms with Crippen LogP contribution < -0.4 is 10.6 Å². The van der Waals surface area contributed by atoms with Crippen molar-refractivity contribution in [3.05, 3.63) is 60.2 Å². The van der Waals surface area contributed by atoms with Crippen LogP contribution in [-0.4, -0.2) is 35.5 Å². The summed E-state index contributed by atoms with van der Waals surface area (Å²) >= 11 is 0. The van der Waals surface area contributed by atoms with E-state index in [1.54, 1.807) is 12.1 Å². The second kappa shape index (κ2) is 9.52. The van der Waals surface area contributed by atoms with Crippen LogP contribution in [0, 0.1) is 5.92 Å². The molecule has 0 heterocycles. The van der Waals surface area contributed by atoms with E-state index in [1.165, 1.54) is 0 Å². The van der Waals surface area contributed by atoms with Gasteiger partial charge in [0, 0.05) is 5.56 Å². The maximum absolute atomic E-state index is 12.2. The van der Waals surface area contributed by atoms with Crippen molar-refractivity contribution >= 4 is 17.8 Å². The molecule has 2 rings (SSSR count). The van der Waals surface area contributed by atoms with Crippen molar-refractivity contribution in [3.8, 4) is 11.1 Å². The van der Waals surface area contributed by atoms with E-state index in [-0.39, 0.29) is 18.4 Å². The molecule has 27 heavy (non-hydrogen) atoms. The Kier molecular flexibility index (Phi) is 7.11. The SMILES string of the molecule is CC(C)C[C@H](NC(=O)CNC(=O)c1ccc(-c2ccccc2)cc1)C(=O)O. The van der Waals surface area contributed by atoms with Crippen LogP contribution >= 0.6 is 0 Å². The zero-order chi connectivity index (χ0) is 19.8. The van der Waals surface area contributed by atoms with Crippen molar-refractivity contribution in [1.82, 2.24) is 10.6 Å². The van der Waals surface area contributed by atoms with Gasteiger partial charge in [0.1, 0.15) is 6.04 Å². The summed E-state index contributed by atoms with van der Waals surface area (Å²) in [7, 11) is 0. The lowest BCUT2D eigenvalue weighted by Crippen LogP contribution is -2.46. The van der Waals surface area contributed by atoms with Crippen LogP contribution in [-0.2, 0) is 9.59 Å². The minimum Gasteiger partial charge on any atom is -0.480 e. The van der Waals surface area contributed by atoms with E-state index in [9.17, 15) is 14.4 Å². The van der Waals surface area contributed by atoms with Gasteiger partial charge in [0.05, 0.1) is 6.54 Å². The average molecular weight is 368 g/mol. The quantitative estimate of drug-likeness (QED) is 0.668. The summed E-state index contributed by atoms with van der Waals surface area (Å²) in [6.07, 6.45) is 0.329. The molecule has 0 fully saturated rings. The lowest BCUT2D eigenvalue weighted by molar-refractivity contribution is -0.142. The van der Waals surface area contributed by atoms with E-state index in [2.05, 4.69) is 10.6 Å². The van der Waals surface area contributed by atoms with Gasteiger partial charge in [-0.25, -0.2) is 4.79 Å². The molecule has 2 aromatic rings. The molecule has 6 nitrogen and oxygen atoms in total. The molecule has 0 radical (unpaired) electrons. The van der Waals surface area contributed by atoms with Gasteiger partial charge in [-0.3, -0.25) is 9.59 Å². The van der Waals surface area contributed by atoms with Gasteiger partial charge >= 0.3 is 5.97 Å². The summed E-state index contributed by atoms with van der Waals surface area (Å²) < 4.78 is 0. The first-order chi connectivity index (χ1) is 12.9. The normalized spacial score (nSPS) is 11.7. The van der Waals surface area contributed by atoms with Gasteiger partial charge in [0.2, 0.25) is 5.91 Å². The first-order valence-electron chi connectivity index (χ1n) is 8.82. The zero-order valence-corrected chi connectivity index (χ0v) is 15.4. The molecule has 0 aliphatic heterocycles. The number of carboxylic acid groups (broad SMARTS) is 1. The molecule has 0 spiro atoms. The topological polar surface area (TPSA) is 95.5 Å². The Balaban J connectivity index is 1.89. The number of aliphatic carboxylic acids is 1. The Bertz CT molecular complexity index is 786. The fourth-order valence-corrected chi connectivity index (χ4v) is 2.65. The number of amides is 2. The fraction of sp³-hybridized carbons (Fsp3) is 0.286. The molecule has 3 N–H and O–H groups in total. The summed E-state index contributed by atoms with van der Waals surface area (Å²) in [6.45, 7) is 3.48. The number of carboxylic acids is 1. The third-order valence-electron chi connectivity index (χ3n) is 4.00. The molecule has 0 aromatic heterocycles. The number of rotatable bonds is 8. The minimum atomic E-state index is -1.08. The summed E-state index contributed by atoms with van der Waals surface area (Å²) in [6, 6.07) is 15.9. The highest BCUT2D eigenvalue weighted by Gasteiger charge is 2.21. The fourth-order valence-electron chi connectivity index (χ4n) is 2.65. The van der Waals surface area contributed by atoms with Crippen LogP contribution in [0.15, 0.2) is 54.6 Å². The summed E-state index contributed by atoms with van der Waals surface area (Å²) in [5, 5.41) is 14.1. The molecular weight excluding hydrogens is 344 g/mol. The highest BCUT2D eigenvalue weighted by molar-refractivity contribution is 5.97. The summed E-state index contributed by atoms with van der Waals surface area (Å²) in [5.74, 6) is -1.87. The van der Waals surface area contributed by atoms with Crippen LogP contribution in [0.2, 0.25) is 0 Å². The minimum absolute atomic E-state index is 0.129. The second-order valence-corrected chi connectivity index (χ2v) is 6.71. The Morgan fingerprint density at radius 2 is 1.52 bits per heavy atom. The largest absolute Gasteiger partial charge is 0.480 e. The van der Waals surface area contributed by atoms with Crippen molar-refractivity contribution < 1.29 is 19.5 Å². The van der Waals surface area contributed by atoms with Crippen LogP contribution in [0.5, 0.6) is 0 Å². The van der Waals surface area contributed by atoms with Crippen LogP contribution in [0.1, 0.15) is 30.6 Å². The number of hydrogen-bond acceptors (Lipinski definition) is 3. The standard InChI is InChI=1S/C21H24N2O4/c1-14(2)12-18(21(26)27)23-19(24)13-22-20(25)17-10-8-16(9-11-17)15-6-4-3-5-7-15/h3-11,14,18H,12-13H2,1-2H3,(H,22,25)(H,23,24)(H,26,27)/t18-/m0/s1. The Hall–Kier alpha value is -3.15. The monoisotopic (exact) mass is 368 g/mol. The molecule has 0 bridgehead atoms.